The molecule has 4 rings (SSSR count). The van der Waals surface area contributed by atoms with Gasteiger partial charge in [0.1, 0.15) is 19.0 Å². The Morgan fingerprint density at radius 2 is 1.85 bits per heavy atom. The van der Waals surface area contributed by atoms with Crippen LogP contribution in [0.3, 0.4) is 0 Å². The first-order valence-corrected chi connectivity index (χ1v) is 11.1. The minimum atomic E-state index is -0.265. The number of aromatic amines is 1. The molecule has 168 valence electrons. The van der Waals surface area contributed by atoms with Crippen LogP contribution >= 0.6 is 11.3 Å². The quantitative estimate of drug-likeness (QED) is 0.240. The van der Waals surface area contributed by atoms with Gasteiger partial charge in [0, 0.05) is 29.9 Å². The van der Waals surface area contributed by atoms with Crippen molar-refractivity contribution in [3.8, 4) is 22.8 Å². The lowest BCUT2D eigenvalue weighted by Crippen LogP contribution is -2.17. The summed E-state index contributed by atoms with van der Waals surface area (Å²) in [5.41, 5.74) is 7.35. The van der Waals surface area contributed by atoms with Crippen LogP contribution in [0.4, 0.5) is 0 Å². The first-order valence-electron chi connectivity index (χ1n) is 10.3. The van der Waals surface area contributed by atoms with E-state index in [0.717, 1.165) is 33.6 Å². The van der Waals surface area contributed by atoms with Gasteiger partial charge in [-0.05, 0) is 29.3 Å². The maximum absolute atomic E-state index is 11.3. The second-order valence-corrected chi connectivity index (χ2v) is 8.28. The number of hydrogen-bond donors (Lipinski definition) is 3. The van der Waals surface area contributed by atoms with Gasteiger partial charge in [-0.15, -0.1) is 0 Å². The van der Waals surface area contributed by atoms with E-state index in [1.807, 2.05) is 66.9 Å². The highest BCUT2D eigenvalue weighted by Crippen LogP contribution is 2.22. The Morgan fingerprint density at radius 3 is 2.58 bits per heavy atom. The van der Waals surface area contributed by atoms with Gasteiger partial charge in [0.05, 0.1) is 10.6 Å². The van der Waals surface area contributed by atoms with Gasteiger partial charge in [0.15, 0.2) is 0 Å². The Balaban J connectivity index is 1.21. The minimum absolute atomic E-state index is 0.0702. The van der Waals surface area contributed by atoms with E-state index in [-0.39, 0.29) is 10.8 Å². The normalized spacial score (nSPS) is 10.7. The molecule has 2 aromatic carbocycles. The molecule has 0 aliphatic carbocycles. The Morgan fingerprint density at radius 1 is 1.06 bits per heavy atom. The number of nitrogens with one attached hydrogen (secondary N) is 2. The van der Waals surface area contributed by atoms with Gasteiger partial charge in [0.25, 0.3) is 0 Å². The zero-order valence-electron chi connectivity index (χ0n) is 17.8. The molecule has 7 nitrogen and oxygen atoms in total. The molecule has 33 heavy (non-hydrogen) atoms. The number of rotatable bonds is 10. The monoisotopic (exact) mass is 461 g/mol. The van der Waals surface area contributed by atoms with E-state index in [0.29, 0.717) is 36.0 Å². The van der Waals surface area contributed by atoms with E-state index in [2.05, 4.69) is 22.0 Å². The number of benzene rings is 2. The number of aromatic hydroxyl groups is 1. The van der Waals surface area contributed by atoms with E-state index in [9.17, 15) is 9.90 Å². The average molecular weight is 462 g/mol. The third kappa shape index (κ3) is 6.09. The molecule has 0 bridgehead atoms. The third-order valence-electron chi connectivity index (χ3n) is 4.83. The zero-order chi connectivity index (χ0) is 23.0. The smallest absolute Gasteiger partial charge is 0.307 e. The van der Waals surface area contributed by atoms with Crippen LogP contribution in [0.25, 0.3) is 16.8 Å². The van der Waals surface area contributed by atoms with Gasteiger partial charge in [-0.25, -0.2) is 0 Å². The summed E-state index contributed by atoms with van der Waals surface area (Å²) >= 11 is 1.01. The number of thiazole rings is 1. The molecule has 2 aromatic heterocycles. The molecule has 0 spiro atoms. The molecule has 0 atom stereocenters. The standard InChI is InChI=1S/C25H23N3O4S/c1-17(20-14-21(16-26-15-20)19-5-3-2-4-6-19)28-32-12-11-31-22-9-7-18(8-10-22)13-23-24(29)27-25(30)33-23/h2-10,14-16,28-29H,1,11-13H2,(H,27,30). The van der Waals surface area contributed by atoms with Crippen LogP contribution in [0, 0.1) is 0 Å². The molecule has 0 aliphatic rings. The fourth-order valence-corrected chi connectivity index (χ4v) is 3.91. The minimum Gasteiger partial charge on any atom is -0.494 e. The van der Waals surface area contributed by atoms with Crippen molar-refractivity contribution in [1.82, 2.24) is 15.4 Å². The lowest BCUT2D eigenvalue weighted by Gasteiger charge is -2.12. The average Bonchev–Trinajstić information content (AvgIpc) is 3.16. The van der Waals surface area contributed by atoms with Crippen molar-refractivity contribution >= 4 is 17.0 Å². The number of ether oxygens (including phenoxy) is 1. The summed E-state index contributed by atoms with van der Waals surface area (Å²) in [6, 6.07) is 19.5. The largest absolute Gasteiger partial charge is 0.494 e. The van der Waals surface area contributed by atoms with Crippen molar-refractivity contribution in [2.75, 3.05) is 13.2 Å². The van der Waals surface area contributed by atoms with Crippen LogP contribution in [0.5, 0.6) is 11.6 Å². The number of aromatic nitrogens is 2. The van der Waals surface area contributed by atoms with Gasteiger partial charge in [-0.1, -0.05) is 60.4 Å². The van der Waals surface area contributed by atoms with Crippen LogP contribution < -0.4 is 15.1 Å². The molecule has 0 saturated heterocycles. The lowest BCUT2D eigenvalue weighted by molar-refractivity contribution is 0.0541. The number of hydroxylamine groups is 1. The van der Waals surface area contributed by atoms with Crippen LogP contribution in [0.1, 0.15) is 16.0 Å². The van der Waals surface area contributed by atoms with Crippen LogP contribution in [0.15, 0.2) is 84.4 Å². The Bertz CT molecular complexity index is 1270. The maximum Gasteiger partial charge on any atom is 0.307 e. The number of hydrogen-bond acceptors (Lipinski definition) is 7. The molecule has 8 heteroatoms. The van der Waals surface area contributed by atoms with Gasteiger partial charge in [-0.2, -0.15) is 0 Å². The molecule has 0 unspecified atom stereocenters. The number of nitrogens with zero attached hydrogens (tertiary/aromatic N) is 1. The highest BCUT2D eigenvalue weighted by Gasteiger charge is 2.08. The molecule has 0 amide bonds. The van der Waals surface area contributed by atoms with E-state index >= 15 is 0 Å². The molecule has 0 saturated carbocycles. The molecule has 3 N–H and O–H groups in total. The SMILES string of the molecule is C=C(NOCCOc1ccc(Cc2sc(=O)[nH]c2O)cc1)c1cncc(-c2ccccc2)c1. The summed E-state index contributed by atoms with van der Waals surface area (Å²) in [7, 11) is 0. The highest BCUT2D eigenvalue weighted by atomic mass is 32.1. The summed E-state index contributed by atoms with van der Waals surface area (Å²) in [6.07, 6.45) is 4.02. The number of H-pyrrole nitrogens is 1. The third-order valence-corrected chi connectivity index (χ3v) is 5.70. The van der Waals surface area contributed by atoms with Gasteiger partial charge < -0.3 is 9.84 Å². The second-order valence-electron chi connectivity index (χ2n) is 7.21. The lowest BCUT2D eigenvalue weighted by atomic mass is 10.1. The first-order chi connectivity index (χ1) is 16.1. The summed E-state index contributed by atoms with van der Waals surface area (Å²) < 4.78 is 5.69. The molecule has 2 heterocycles. The van der Waals surface area contributed by atoms with Gasteiger partial charge in [0.2, 0.25) is 5.88 Å². The van der Waals surface area contributed by atoms with E-state index < -0.39 is 0 Å². The first kappa shape index (κ1) is 22.3. The fraction of sp³-hybridized carbons (Fsp3) is 0.120. The van der Waals surface area contributed by atoms with Crippen molar-refractivity contribution in [3.05, 3.63) is 105 Å². The van der Waals surface area contributed by atoms with Crippen molar-refractivity contribution in [2.24, 2.45) is 0 Å². The molecule has 0 fully saturated rings. The zero-order valence-corrected chi connectivity index (χ0v) is 18.6. The molecular formula is C25H23N3O4S. The molecule has 0 radical (unpaired) electrons. The van der Waals surface area contributed by atoms with Gasteiger partial charge in [-0.3, -0.25) is 25.1 Å². The molecule has 0 aliphatic heterocycles. The van der Waals surface area contributed by atoms with Crippen molar-refractivity contribution in [2.45, 2.75) is 6.42 Å². The number of pyridine rings is 1. The Labute approximate surface area is 195 Å². The summed E-state index contributed by atoms with van der Waals surface area (Å²) in [4.78, 5) is 23.8. The highest BCUT2D eigenvalue weighted by molar-refractivity contribution is 7.09. The van der Waals surface area contributed by atoms with Gasteiger partial charge >= 0.3 is 4.87 Å². The second kappa shape index (κ2) is 10.6. The van der Waals surface area contributed by atoms with Crippen molar-refractivity contribution in [1.29, 1.82) is 0 Å². The van der Waals surface area contributed by atoms with Crippen LogP contribution in [-0.4, -0.2) is 28.3 Å². The summed E-state index contributed by atoms with van der Waals surface area (Å²) in [5, 5.41) is 9.69. The predicted molar refractivity (Wildman–Crippen MR) is 129 cm³/mol. The maximum atomic E-state index is 11.3. The van der Waals surface area contributed by atoms with Crippen molar-refractivity contribution < 1.29 is 14.7 Å². The van der Waals surface area contributed by atoms with E-state index in [4.69, 9.17) is 9.57 Å². The Kier molecular flexibility index (Phi) is 7.19. The summed E-state index contributed by atoms with van der Waals surface area (Å²) in [5.74, 6) is 0.631. The van der Waals surface area contributed by atoms with Crippen molar-refractivity contribution in [3.63, 3.8) is 0 Å². The Hall–Kier alpha value is -3.88. The van der Waals surface area contributed by atoms with E-state index in [1.54, 1.807) is 6.20 Å². The molecule has 4 aromatic rings. The van der Waals surface area contributed by atoms with Crippen LogP contribution in [-0.2, 0) is 11.3 Å². The predicted octanol–water partition coefficient (Wildman–Crippen LogP) is 4.37. The molecular weight excluding hydrogens is 438 g/mol. The van der Waals surface area contributed by atoms with E-state index in [1.165, 1.54) is 0 Å². The summed E-state index contributed by atoms with van der Waals surface area (Å²) in [6.45, 7) is 4.68. The topological polar surface area (TPSA) is 96.5 Å². The fourth-order valence-electron chi connectivity index (χ4n) is 3.15. The van der Waals surface area contributed by atoms with Crippen LogP contribution in [0.2, 0.25) is 0 Å².